The van der Waals surface area contributed by atoms with Crippen LogP contribution in [0, 0.1) is 18.8 Å². The van der Waals surface area contributed by atoms with E-state index in [0.29, 0.717) is 0 Å². The van der Waals surface area contributed by atoms with Gasteiger partial charge in [-0.25, -0.2) is 12.7 Å². The Labute approximate surface area is 235 Å². The van der Waals surface area contributed by atoms with Crippen molar-refractivity contribution in [3.8, 4) is 0 Å². The molecule has 1 fully saturated rings. The number of para-hydroxylation sites is 1. The van der Waals surface area contributed by atoms with E-state index in [2.05, 4.69) is 5.32 Å². The summed E-state index contributed by atoms with van der Waals surface area (Å²) in [5, 5.41) is 2.51. The number of carbonyl (C=O) groups excluding carboxylic acids is 2. The van der Waals surface area contributed by atoms with Gasteiger partial charge in [-0.3, -0.25) is 9.59 Å². The minimum absolute atomic E-state index is 0.154. The maximum absolute atomic E-state index is 14.0. The van der Waals surface area contributed by atoms with Crippen LogP contribution in [0.4, 0.5) is 18.9 Å². The first-order valence-corrected chi connectivity index (χ1v) is 17.4. The molecule has 2 aromatic carbocycles. The molecule has 7 nitrogen and oxygen atoms in total. The number of anilines is 1. The first kappa shape index (κ1) is 31.8. The molecule has 0 spiro atoms. The molecule has 0 saturated carbocycles. The van der Waals surface area contributed by atoms with Gasteiger partial charge >= 0.3 is 6.18 Å². The van der Waals surface area contributed by atoms with Crippen LogP contribution in [-0.4, -0.2) is 40.7 Å². The number of alkyl halides is 3. The standard InChI is InChI=1S/C28H37F3N2O5SSi/c1-17-13-15-20(16-14-17)39(36,37)33(22-12-10-9-11-21(22)28(29,30)31)26(35)18(2)24-23(25(34)32-24)19(3)38-40(7,8)27(4,5)6/h9-16,18-19,23-24H,1-8H3,(H,32,34)/t18-,19-,23-,24-/m1/s1. The van der Waals surface area contributed by atoms with Gasteiger partial charge < -0.3 is 9.74 Å². The van der Waals surface area contributed by atoms with Crippen LogP contribution in [0.25, 0.3) is 0 Å². The molecular formula is C28H37F3N2O5SSi. The molecule has 0 aliphatic carbocycles. The lowest BCUT2D eigenvalue weighted by Crippen LogP contribution is -2.67. The molecule has 4 atom stereocenters. The van der Waals surface area contributed by atoms with Crippen LogP contribution in [0.15, 0.2) is 53.4 Å². The molecule has 1 saturated heterocycles. The van der Waals surface area contributed by atoms with Crippen molar-refractivity contribution in [2.24, 2.45) is 11.8 Å². The van der Waals surface area contributed by atoms with Crippen molar-refractivity contribution in [1.29, 1.82) is 0 Å². The number of sulfonamides is 1. The Kier molecular flexibility index (Phi) is 8.70. The Morgan fingerprint density at radius 2 is 1.57 bits per heavy atom. The van der Waals surface area contributed by atoms with Crippen molar-refractivity contribution >= 4 is 35.8 Å². The van der Waals surface area contributed by atoms with Crippen LogP contribution in [-0.2, 0) is 30.2 Å². The van der Waals surface area contributed by atoms with Gasteiger partial charge in [0.2, 0.25) is 11.8 Å². The third-order valence-electron chi connectivity index (χ3n) is 7.91. The minimum Gasteiger partial charge on any atom is -0.413 e. The van der Waals surface area contributed by atoms with Gasteiger partial charge in [0.15, 0.2) is 8.32 Å². The van der Waals surface area contributed by atoms with E-state index in [1.165, 1.54) is 37.3 Å². The van der Waals surface area contributed by atoms with E-state index in [-0.39, 0.29) is 20.1 Å². The number of rotatable bonds is 8. The van der Waals surface area contributed by atoms with Crippen molar-refractivity contribution in [3.05, 3.63) is 59.7 Å². The van der Waals surface area contributed by atoms with Crippen molar-refractivity contribution in [2.45, 2.75) is 82.9 Å². The lowest BCUT2D eigenvalue weighted by atomic mass is 9.78. The lowest BCUT2D eigenvalue weighted by molar-refractivity contribution is -0.144. The third-order valence-corrected chi connectivity index (χ3v) is 14.2. The molecule has 1 aliphatic rings. The number of carbonyl (C=O) groups is 2. The monoisotopic (exact) mass is 598 g/mol. The Morgan fingerprint density at radius 3 is 2.08 bits per heavy atom. The van der Waals surface area contributed by atoms with Gasteiger partial charge in [-0.05, 0) is 56.2 Å². The molecule has 0 aromatic heterocycles. The Balaban J connectivity index is 2.06. The fourth-order valence-corrected chi connectivity index (χ4v) is 7.43. The van der Waals surface area contributed by atoms with Crippen LogP contribution in [0.3, 0.4) is 0 Å². The number of halogens is 3. The van der Waals surface area contributed by atoms with E-state index in [4.69, 9.17) is 4.43 Å². The molecular weight excluding hydrogens is 561 g/mol. The Bertz CT molecular complexity index is 1370. The number of β-lactam (4-membered cyclic amide) rings is 1. The quantitative estimate of drug-likeness (QED) is 0.302. The number of aryl methyl sites for hydroxylation is 1. The van der Waals surface area contributed by atoms with E-state index >= 15 is 0 Å². The first-order chi connectivity index (χ1) is 18.2. The topological polar surface area (TPSA) is 92.8 Å². The molecule has 2 amide bonds. The Morgan fingerprint density at radius 1 is 1.02 bits per heavy atom. The number of nitrogens with one attached hydrogen (secondary N) is 1. The van der Waals surface area contributed by atoms with Crippen molar-refractivity contribution in [3.63, 3.8) is 0 Å². The highest BCUT2D eigenvalue weighted by atomic mass is 32.2. The zero-order chi connectivity index (χ0) is 30.4. The Hall–Kier alpha value is -2.70. The summed E-state index contributed by atoms with van der Waals surface area (Å²) in [6, 6.07) is 8.69. The number of amides is 2. The number of nitrogens with zero attached hydrogens (tertiary/aromatic N) is 1. The highest BCUT2D eigenvalue weighted by Crippen LogP contribution is 2.42. The highest BCUT2D eigenvalue weighted by molar-refractivity contribution is 7.93. The first-order valence-electron chi connectivity index (χ1n) is 13.0. The average Bonchev–Trinajstić information content (AvgIpc) is 2.80. The van der Waals surface area contributed by atoms with Crippen molar-refractivity contribution in [2.75, 3.05) is 4.31 Å². The molecule has 220 valence electrons. The predicted octanol–water partition coefficient (Wildman–Crippen LogP) is 5.90. The second-order valence-electron chi connectivity index (χ2n) is 11.9. The maximum atomic E-state index is 14.0. The zero-order valence-corrected chi connectivity index (χ0v) is 25.8. The summed E-state index contributed by atoms with van der Waals surface area (Å²) in [6.07, 6.45) is -5.53. The average molecular weight is 599 g/mol. The normalized spacial score (nSPS) is 19.8. The second-order valence-corrected chi connectivity index (χ2v) is 18.4. The molecule has 1 heterocycles. The maximum Gasteiger partial charge on any atom is 0.418 e. The SMILES string of the molecule is Cc1ccc(S(=O)(=O)N(C(=O)[C@H](C)[C@H]2NC(=O)[C@@H]2[C@@H](C)O[Si](C)(C)C(C)(C)C)c2ccccc2C(F)(F)F)cc1. The molecule has 0 radical (unpaired) electrons. The van der Waals surface area contributed by atoms with E-state index in [0.717, 1.165) is 23.8 Å². The van der Waals surface area contributed by atoms with Gasteiger partial charge in [0, 0.05) is 0 Å². The minimum atomic E-state index is -4.93. The van der Waals surface area contributed by atoms with Crippen molar-refractivity contribution < 1.29 is 35.6 Å². The second kappa shape index (κ2) is 10.9. The van der Waals surface area contributed by atoms with Crippen LogP contribution < -0.4 is 9.62 Å². The number of hydrogen-bond donors (Lipinski definition) is 1. The summed E-state index contributed by atoms with van der Waals surface area (Å²) < 4.78 is 76.3. The zero-order valence-electron chi connectivity index (χ0n) is 24.0. The van der Waals surface area contributed by atoms with E-state index in [1.54, 1.807) is 13.8 Å². The summed E-state index contributed by atoms with van der Waals surface area (Å²) in [5.74, 6) is -3.42. The van der Waals surface area contributed by atoms with Gasteiger partial charge in [0.25, 0.3) is 10.0 Å². The summed E-state index contributed by atoms with van der Waals surface area (Å²) in [7, 11) is -7.08. The molecule has 0 unspecified atom stereocenters. The van der Waals surface area contributed by atoms with Crippen LogP contribution >= 0.6 is 0 Å². The summed E-state index contributed by atoms with van der Waals surface area (Å²) in [5.41, 5.74) is -1.34. The van der Waals surface area contributed by atoms with Gasteiger partial charge in [-0.1, -0.05) is 57.5 Å². The van der Waals surface area contributed by atoms with E-state index in [1.807, 2.05) is 33.9 Å². The smallest absolute Gasteiger partial charge is 0.413 e. The summed E-state index contributed by atoms with van der Waals surface area (Å²) >= 11 is 0. The predicted molar refractivity (Wildman–Crippen MR) is 150 cm³/mol. The van der Waals surface area contributed by atoms with Gasteiger partial charge in [-0.15, -0.1) is 0 Å². The molecule has 1 N–H and O–H groups in total. The fourth-order valence-electron chi connectivity index (χ4n) is 4.48. The molecule has 12 heteroatoms. The largest absolute Gasteiger partial charge is 0.418 e. The van der Waals surface area contributed by atoms with E-state index < -0.39 is 65.7 Å². The molecule has 0 bridgehead atoms. The molecule has 1 aliphatic heterocycles. The molecule has 40 heavy (non-hydrogen) atoms. The van der Waals surface area contributed by atoms with Gasteiger partial charge in [-0.2, -0.15) is 13.2 Å². The van der Waals surface area contributed by atoms with Crippen LogP contribution in [0.5, 0.6) is 0 Å². The highest BCUT2D eigenvalue weighted by Gasteiger charge is 2.52. The number of hydrogen-bond acceptors (Lipinski definition) is 5. The van der Waals surface area contributed by atoms with Gasteiger partial charge in [0.1, 0.15) is 0 Å². The fraction of sp³-hybridized carbons (Fsp3) is 0.500. The number of benzene rings is 2. The van der Waals surface area contributed by atoms with Crippen LogP contribution in [0.1, 0.15) is 45.7 Å². The van der Waals surface area contributed by atoms with Crippen molar-refractivity contribution in [1.82, 2.24) is 5.32 Å². The summed E-state index contributed by atoms with van der Waals surface area (Å²) in [4.78, 5) is 26.3. The van der Waals surface area contributed by atoms with E-state index in [9.17, 15) is 31.2 Å². The lowest BCUT2D eigenvalue weighted by Gasteiger charge is -2.47. The molecule has 3 rings (SSSR count). The third kappa shape index (κ3) is 6.13. The summed E-state index contributed by atoms with van der Waals surface area (Å²) in [6.45, 7) is 15.0. The molecule has 2 aromatic rings. The van der Waals surface area contributed by atoms with Gasteiger partial charge in [0.05, 0.1) is 40.1 Å². The van der Waals surface area contributed by atoms with Crippen LogP contribution in [0.2, 0.25) is 18.1 Å².